The van der Waals surface area contributed by atoms with Crippen LogP contribution in [0.3, 0.4) is 0 Å². The van der Waals surface area contributed by atoms with Crippen molar-refractivity contribution in [1.82, 2.24) is 0 Å². The Balaban J connectivity index is 2.02. The fourth-order valence-electron chi connectivity index (χ4n) is 1.93. The second-order valence-electron chi connectivity index (χ2n) is 4.59. The molecular formula is C15H14IN3O3. The molecule has 114 valence electrons. The van der Waals surface area contributed by atoms with Crippen LogP contribution < -0.4 is 10.6 Å². The smallest absolute Gasteiger partial charge is 0.274 e. The number of nitrogens with zero attached hydrogens (tertiary/aromatic N) is 1. The Morgan fingerprint density at radius 1 is 1.18 bits per heavy atom. The van der Waals surface area contributed by atoms with Gasteiger partial charge in [-0.25, -0.2) is 0 Å². The molecule has 22 heavy (non-hydrogen) atoms. The number of carbonyl (C=O) groups excluding carboxylic acids is 1. The van der Waals surface area contributed by atoms with Gasteiger partial charge in [0.25, 0.3) is 5.69 Å². The number of para-hydroxylation sites is 1. The molecule has 2 rings (SSSR count). The zero-order chi connectivity index (χ0) is 16.1. The van der Waals surface area contributed by atoms with Gasteiger partial charge in [0.2, 0.25) is 5.91 Å². The highest BCUT2D eigenvalue weighted by atomic mass is 127. The van der Waals surface area contributed by atoms with E-state index in [9.17, 15) is 14.9 Å². The lowest BCUT2D eigenvalue weighted by atomic mass is 10.1. The van der Waals surface area contributed by atoms with E-state index in [0.29, 0.717) is 11.3 Å². The molecule has 0 aliphatic rings. The van der Waals surface area contributed by atoms with Gasteiger partial charge in [-0.3, -0.25) is 14.9 Å². The molecule has 0 atom stereocenters. The Hall–Kier alpha value is -2.16. The SMILES string of the molecule is Cc1c(NC(=O)CNc2ccccc2I)cccc1[N+](=O)[O-]. The Morgan fingerprint density at radius 3 is 2.55 bits per heavy atom. The zero-order valence-electron chi connectivity index (χ0n) is 11.8. The molecule has 2 aromatic carbocycles. The van der Waals surface area contributed by atoms with Crippen molar-refractivity contribution in [3.63, 3.8) is 0 Å². The van der Waals surface area contributed by atoms with Crippen LogP contribution in [0.1, 0.15) is 5.56 Å². The molecule has 0 aliphatic carbocycles. The topological polar surface area (TPSA) is 84.3 Å². The predicted molar refractivity (Wildman–Crippen MR) is 94.1 cm³/mol. The molecular weight excluding hydrogens is 397 g/mol. The van der Waals surface area contributed by atoms with Crippen LogP contribution in [0.4, 0.5) is 17.1 Å². The van der Waals surface area contributed by atoms with Crippen molar-refractivity contribution in [1.29, 1.82) is 0 Å². The summed E-state index contributed by atoms with van der Waals surface area (Å²) in [5.74, 6) is -0.261. The molecule has 0 saturated heterocycles. The molecule has 0 fully saturated rings. The van der Waals surface area contributed by atoms with Gasteiger partial charge in [0.15, 0.2) is 0 Å². The molecule has 0 spiro atoms. The van der Waals surface area contributed by atoms with Crippen molar-refractivity contribution in [2.75, 3.05) is 17.2 Å². The second-order valence-corrected chi connectivity index (χ2v) is 5.75. The van der Waals surface area contributed by atoms with E-state index in [0.717, 1.165) is 9.26 Å². The van der Waals surface area contributed by atoms with Crippen molar-refractivity contribution < 1.29 is 9.72 Å². The summed E-state index contributed by atoms with van der Waals surface area (Å²) in [4.78, 5) is 22.4. The van der Waals surface area contributed by atoms with E-state index in [1.165, 1.54) is 6.07 Å². The van der Waals surface area contributed by atoms with Crippen molar-refractivity contribution in [2.24, 2.45) is 0 Å². The Kier molecular flexibility index (Phi) is 5.31. The summed E-state index contributed by atoms with van der Waals surface area (Å²) in [6, 6.07) is 12.2. The third-order valence-corrected chi connectivity index (χ3v) is 4.03. The molecule has 0 saturated carbocycles. The Morgan fingerprint density at radius 2 is 1.86 bits per heavy atom. The molecule has 0 bridgehead atoms. The largest absolute Gasteiger partial charge is 0.375 e. The predicted octanol–water partition coefficient (Wildman–Crippen LogP) is 3.56. The van der Waals surface area contributed by atoms with Crippen LogP contribution in [0.15, 0.2) is 42.5 Å². The first kappa shape index (κ1) is 16.2. The van der Waals surface area contributed by atoms with Crippen LogP contribution in [-0.2, 0) is 4.79 Å². The van der Waals surface area contributed by atoms with Gasteiger partial charge in [-0.1, -0.05) is 18.2 Å². The number of halogens is 1. The first-order valence-corrected chi connectivity index (χ1v) is 7.59. The maximum absolute atomic E-state index is 12.0. The quantitative estimate of drug-likeness (QED) is 0.448. The van der Waals surface area contributed by atoms with E-state index in [2.05, 4.69) is 33.2 Å². The van der Waals surface area contributed by atoms with Gasteiger partial charge in [-0.2, -0.15) is 0 Å². The number of nitro groups is 1. The first-order valence-electron chi connectivity index (χ1n) is 6.51. The number of amides is 1. The molecule has 0 aliphatic heterocycles. The lowest BCUT2D eigenvalue weighted by Crippen LogP contribution is -2.22. The van der Waals surface area contributed by atoms with Gasteiger partial charge in [0.05, 0.1) is 22.7 Å². The van der Waals surface area contributed by atoms with Crippen LogP contribution in [0, 0.1) is 20.6 Å². The van der Waals surface area contributed by atoms with E-state index in [4.69, 9.17) is 0 Å². The molecule has 0 radical (unpaired) electrons. The van der Waals surface area contributed by atoms with Gasteiger partial charge in [0, 0.05) is 15.3 Å². The summed E-state index contributed by atoms with van der Waals surface area (Å²) in [5, 5.41) is 16.6. The summed E-state index contributed by atoms with van der Waals surface area (Å²) in [5.41, 5.74) is 1.75. The van der Waals surface area contributed by atoms with Crippen LogP contribution >= 0.6 is 22.6 Å². The van der Waals surface area contributed by atoms with E-state index in [1.54, 1.807) is 19.1 Å². The summed E-state index contributed by atoms with van der Waals surface area (Å²) in [6.07, 6.45) is 0. The number of carbonyl (C=O) groups is 1. The third-order valence-electron chi connectivity index (χ3n) is 3.09. The molecule has 0 aromatic heterocycles. The van der Waals surface area contributed by atoms with Crippen molar-refractivity contribution in [3.05, 3.63) is 61.7 Å². The molecule has 7 heteroatoms. The van der Waals surface area contributed by atoms with Crippen molar-refractivity contribution in [3.8, 4) is 0 Å². The number of rotatable bonds is 5. The van der Waals surface area contributed by atoms with Gasteiger partial charge < -0.3 is 10.6 Å². The van der Waals surface area contributed by atoms with E-state index in [-0.39, 0.29) is 18.1 Å². The van der Waals surface area contributed by atoms with Gasteiger partial charge in [0.1, 0.15) is 0 Å². The second kappa shape index (κ2) is 7.21. The number of hydrogen-bond donors (Lipinski definition) is 2. The average molecular weight is 411 g/mol. The fraction of sp³-hybridized carbons (Fsp3) is 0.133. The molecule has 0 heterocycles. The number of nitro benzene ring substituents is 1. The molecule has 0 unspecified atom stereocenters. The molecule has 1 amide bonds. The van der Waals surface area contributed by atoms with E-state index in [1.807, 2.05) is 24.3 Å². The minimum absolute atomic E-state index is 0.0108. The minimum Gasteiger partial charge on any atom is -0.375 e. The highest BCUT2D eigenvalue weighted by Gasteiger charge is 2.14. The normalized spacial score (nSPS) is 10.1. The lowest BCUT2D eigenvalue weighted by Gasteiger charge is -2.11. The first-order chi connectivity index (χ1) is 10.5. The Bertz CT molecular complexity index is 719. The van der Waals surface area contributed by atoms with Crippen molar-refractivity contribution >= 4 is 45.6 Å². The van der Waals surface area contributed by atoms with Crippen LogP contribution in [0.2, 0.25) is 0 Å². The molecule has 2 aromatic rings. The molecule has 6 nitrogen and oxygen atoms in total. The number of nitrogens with one attached hydrogen (secondary N) is 2. The lowest BCUT2D eigenvalue weighted by molar-refractivity contribution is -0.385. The summed E-state index contributed by atoms with van der Waals surface area (Å²) in [7, 11) is 0. The summed E-state index contributed by atoms with van der Waals surface area (Å²) >= 11 is 2.18. The highest BCUT2D eigenvalue weighted by molar-refractivity contribution is 14.1. The van der Waals surface area contributed by atoms with Crippen LogP contribution in [-0.4, -0.2) is 17.4 Å². The highest BCUT2D eigenvalue weighted by Crippen LogP contribution is 2.25. The van der Waals surface area contributed by atoms with Gasteiger partial charge >= 0.3 is 0 Å². The maximum atomic E-state index is 12.0. The van der Waals surface area contributed by atoms with Crippen LogP contribution in [0.5, 0.6) is 0 Å². The van der Waals surface area contributed by atoms with Crippen LogP contribution in [0.25, 0.3) is 0 Å². The monoisotopic (exact) mass is 411 g/mol. The number of hydrogen-bond acceptors (Lipinski definition) is 4. The molecule has 2 N–H and O–H groups in total. The Labute approximate surface area is 141 Å². The third kappa shape index (κ3) is 3.94. The van der Waals surface area contributed by atoms with Gasteiger partial charge in [-0.05, 0) is 47.7 Å². The van der Waals surface area contributed by atoms with Gasteiger partial charge in [-0.15, -0.1) is 0 Å². The number of anilines is 2. The average Bonchev–Trinajstić information content (AvgIpc) is 2.48. The minimum atomic E-state index is -0.463. The number of benzene rings is 2. The zero-order valence-corrected chi connectivity index (χ0v) is 14.0. The van der Waals surface area contributed by atoms with Crippen molar-refractivity contribution in [2.45, 2.75) is 6.92 Å². The summed E-state index contributed by atoms with van der Waals surface area (Å²) < 4.78 is 1.01. The van der Waals surface area contributed by atoms with E-state index < -0.39 is 4.92 Å². The summed E-state index contributed by atoms with van der Waals surface area (Å²) in [6.45, 7) is 1.70. The standard InChI is InChI=1S/C15H14IN3O3/c1-10-12(7-4-8-14(10)19(21)22)18-15(20)9-17-13-6-3-2-5-11(13)16/h2-8,17H,9H2,1H3,(H,18,20). The fourth-order valence-corrected chi connectivity index (χ4v) is 2.51. The van der Waals surface area contributed by atoms with E-state index >= 15 is 0 Å². The maximum Gasteiger partial charge on any atom is 0.274 e.